The van der Waals surface area contributed by atoms with Crippen molar-refractivity contribution >= 4 is 35.8 Å². The lowest BCUT2D eigenvalue weighted by Gasteiger charge is -2.25. The summed E-state index contributed by atoms with van der Waals surface area (Å²) >= 11 is 0. The van der Waals surface area contributed by atoms with Gasteiger partial charge in [0.15, 0.2) is 11.8 Å². The van der Waals surface area contributed by atoms with E-state index in [4.69, 9.17) is 4.74 Å². The van der Waals surface area contributed by atoms with Gasteiger partial charge >= 0.3 is 0 Å². The first-order valence-corrected chi connectivity index (χ1v) is 9.84. The van der Waals surface area contributed by atoms with Crippen molar-refractivity contribution in [3.63, 3.8) is 0 Å². The Kier molecular flexibility index (Phi) is 9.34. The van der Waals surface area contributed by atoms with E-state index in [9.17, 15) is 4.79 Å². The summed E-state index contributed by atoms with van der Waals surface area (Å²) in [6, 6.07) is 8.20. The molecule has 0 aliphatic carbocycles. The highest BCUT2D eigenvalue weighted by Crippen LogP contribution is 2.11. The molecule has 0 spiro atoms. The second-order valence-electron chi connectivity index (χ2n) is 7.10. The molecule has 2 aromatic rings. The SMILES string of the molecule is COc1ccc(CCNC(=NCc2nnc(C)n2C)NC2CCC(=O)NC2)cc1.I. The van der Waals surface area contributed by atoms with Crippen LogP contribution >= 0.6 is 24.0 Å². The van der Waals surface area contributed by atoms with E-state index in [0.29, 0.717) is 25.5 Å². The van der Waals surface area contributed by atoms with Crippen LogP contribution in [0.5, 0.6) is 5.75 Å². The summed E-state index contributed by atoms with van der Waals surface area (Å²) in [5.74, 6) is 3.32. The zero-order chi connectivity index (χ0) is 20.6. The number of nitrogens with one attached hydrogen (secondary N) is 3. The summed E-state index contributed by atoms with van der Waals surface area (Å²) in [7, 11) is 3.60. The number of hydrogen-bond acceptors (Lipinski definition) is 5. The number of piperidine rings is 1. The van der Waals surface area contributed by atoms with Crippen molar-refractivity contribution in [3.8, 4) is 5.75 Å². The van der Waals surface area contributed by atoms with Crippen molar-refractivity contribution in [2.45, 2.75) is 38.8 Å². The van der Waals surface area contributed by atoms with Crippen LogP contribution in [0.3, 0.4) is 0 Å². The molecule has 30 heavy (non-hydrogen) atoms. The number of rotatable bonds is 7. The molecule has 3 N–H and O–H groups in total. The Hall–Kier alpha value is -2.37. The summed E-state index contributed by atoms with van der Waals surface area (Å²) < 4.78 is 7.13. The lowest BCUT2D eigenvalue weighted by molar-refractivity contribution is -0.122. The highest BCUT2D eigenvalue weighted by Gasteiger charge is 2.19. The number of methoxy groups -OCH3 is 1. The normalized spacial score (nSPS) is 16.4. The standard InChI is InChI=1S/C20H29N7O2.HI/c1-14-25-26-18(27(14)2)13-23-20(24-16-6-9-19(28)22-12-16)21-11-10-15-4-7-17(29-3)8-5-15;/h4-5,7-8,16H,6,9-13H2,1-3H3,(H,22,28)(H2,21,23,24);1H. The number of guanidine groups is 1. The predicted molar refractivity (Wildman–Crippen MR) is 126 cm³/mol. The third-order valence-electron chi connectivity index (χ3n) is 5.03. The van der Waals surface area contributed by atoms with Gasteiger partial charge in [0.05, 0.1) is 7.11 Å². The van der Waals surface area contributed by atoms with Gasteiger partial charge in [0, 0.05) is 32.6 Å². The summed E-state index contributed by atoms with van der Waals surface area (Å²) in [6.45, 7) is 3.67. The second-order valence-corrected chi connectivity index (χ2v) is 7.10. The molecule has 9 nitrogen and oxygen atoms in total. The molecule has 1 saturated heterocycles. The largest absolute Gasteiger partial charge is 0.497 e. The molecule has 0 radical (unpaired) electrons. The Morgan fingerprint density at radius 1 is 1.33 bits per heavy atom. The minimum atomic E-state index is 0. The summed E-state index contributed by atoms with van der Waals surface area (Å²) in [5, 5.41) is 18.0. The molecule has 1 unspecified atom stereocenters. The second kappa shape index (κ2) is 11.7. The number of halogens is 1. The van der Waals surface area contributed by atoms with Gasteiger partial charge in [-0.2, -0.15) is 0 Å². The smallest absolute Gasteiger partial charge is 0.220 e. The van der Waals surface area contributed by atoms with Crippen LogP contribution in [0, 0.1) is 6.92 Å². The van der Waals surface area contributed by atoms with Crippen molar-refractivity contribution in [3.05, 3.63) is 41.5 Å². The lowest BCUT2D eigenvalue weighted by atomic mass is 10.1. The maximum atomic E-state index is 11.4. The van der Waals surface area contributed by atoms with Crippen LogP contribution in [-0.2, 0) is 24.8 Å². The van der Waals surface area contributed by atoms with E-state index >= 15 is 0 Å². The average molecular weight is 527 g/mol. The maximum Gasteiger partial charge on any atom is 0.220 e. The number of aromatic nitrogens is 3. The van der Waals surface area contributed by atoms with Crippen LogP contribution in [0.15, 0.2) is 29.3 Å². The molecule has 164 valence electrons. The topological polar surface area (TPSA) is 105 Å². The molecule has 10 heteroatoms. The Bertz CT molecular complexity index is 841. The van der Waals surface area contributed by atoms with Gasteiger partial charge < -0.3 is 25.3 Å². The summed E-state index contributed by atoms with van der Waals surface area (Å²) in [6.07, 6.45) is 2.17. The molecule has 0 saturated carbocycles. The van der Waals surface area contributed by atoms with Crippen molar-refractivity contribution in [2.75, 3.05) is 20.2 Å². The number of amides is 1. The molecule has 1 aromatic heterocycles. The molecule has 1 aromatic carbocycles. The number of hydrogen-bond donors (Lipinski definition) is 3. The Labute approximate surface area is 194 Å². The van der Waals surface area contributed by atoms with E-state index in [1.54, 1.807) is 7.11 Å². The van der Waals surface area contributed by atoms with Gasteiger partial charge in [0.2, 0.25) is 5.91 Å². The highest BCUT2D eigenvalue weighted by atomic mass is 127. The molecule has 1 aliphatic heterocycles. The van der Waals surface area contributed by atoms with E-state index in [1.165, 1.54) is 5.56 Å². The van der Waals surface area contributed by atoms with Crippen molar-refractivity contribution in [2.24, 2.45) is 12.0 Å². The minimum Gasteiger partial charge on any atom is -0.497 e. The predicted octanol–water partition coefficient (Wildman–Crippen LogP) is 1.31. The number of nitrogens with zero attached hydrogens (tertiary/aromatic N) is 4. The molecular formula is C20H30IN7O2. The highest BCUT2D eigenvalue weighted by molar-refractivity contribution is 14.0. The number of aliphatic imine (C=N–C) groups is 1. The zero-order valence-corrected chi connectivity index (χ0v) is 20.0. The Morgan fingerprint density at radius 2 is 2.10 bits per heavy atom. The molecule has 1 atom stereocenters. The molecule has 2 heterocycles. The number of carbonyl (C=O) groups is 1. The first-order chi connectivity index (χ1) is 14.0. The molecule has 3 rings (SSSR count). The first kappa shape index (κ1) is 23.9. The monoisotopic (exact) mass is 527 g/mol. The molecule has 1 fully saturated rings. The third-order valence-corrected chi connectivity index (χ3v) is 5.03. The van der Waals surface area contributed by atoms with Gasteiger partial charge in [-0.15, -0.1) is 34.2 Å². The van der Waals surface area contributed by atoms with Gasteiger partial charge in [-0.1, -0.05) is 12.1 Å². The van der Waals surface area contributed by atoms with Gasteiger partial charge in [-0.25, -0.2) is 4.99 Å². The minimum absolute atomic E-state index is 0. The van der Waals surface area contributed by atoms with Crippen LogP contribution in [0.4, 0.5) is 0 Å². The van der Waals surface area contributed by atoms with Crippen molar-refractivity contribution in [1.82, 2.24) is 30.7 Å². The zero-order valence-electron chi connectivity index (χ0n) is 17.6. The van der Waals surface area contributed by atoms with E-state index < -0.39 is 0 Å². The van der Waals surface area contributed by atoms with Crippen LogP contribution in [0.1, 0.15) is 30.1 Å². The number of aryl methyl sites for hydroxylation is 1. The first-order valence-electron chi connectivity index (χ1n) is 9.84. The lowest BCUT2D eigenvalue weighted by Crippen LogP contribution is -2.51. The van der Waals surface area contributed by atoms with Crippen LogP contribution in [-0.4, -0.2) is 52.9 Å². The number of ether oxygens (including phenoxy) is 1. The van der Waals surface area contributed by atoms with Crippen LogP contribution < -0.4 is 20.7 Å². The van der Waals surface area contributed by atoms with Gasteiger partial charge in [0.1, 0.15) is 18.1 Å². The number of benzene rings is 1. The molecule has 0 bridgehead atoms. The third kappa shape index (κ3) is 6.85. The van der Waals surface area contributed by atoms with Gasteiger partial charge in [0.25, 0.3) is 0 Å². The van der Waals surface area contributed by atoms with Gasteiger partial charge in [-0.05, 0) is 37.5 Å². The summed E-state index contributed by atoms with van der Waals surface area (Å²) in [5.41, 5.74) is 1.21. The van der Waals surface area contributed by atoms with E-state index in [2.05, 4.69) is 43.3 Å². The molecular weight excluding hydrogens is 497 g/mol. The molecule has 1 amide bonds. The fourth-order valence-corrected chi connectivity index (χ4v) is 3.06. The van der Waals surface area contributed by atoms with Crippen molar-refractivity contribution < 1.29 is 9.53 Å². The van der Waals surface area contributed by atoms with Crippen molar-refractivity contribution in [1.29, 1.82) is 0 Å². The Morgan fingerprint density at radius 3 is 2.70 bits per heavy atom. The maximum absolute atomic E-state index is 11.4. The van der Waals surface area contributed by atoms with Gasteiger partial charge in [-0.3, -0.25) is 4.79 Å². The fraction of sp³-hybridized carbons (Fsp3) is 0.500. The summed E-state index contributed by atoms with van der Waals surface area (Å²) in [4.78, 5) is 16.1. The average Bonchev–Trinajstić information content (AvgIpc) is 3.06. The van der Waals surface area contributed by atoms with E-state index in [0.717, 1.165) is 36.8 Å². The van der Waals surface area contributed by atoms with E-state index in [1.807, 2.05) is 30.7 Å². The molecule has 1 aliphatic rings. The number of carbonyl (C=O) groups excluding carboxylic acids is 1. The van der Waals surface area contributed by atoms with Crippen LogP contribution in [0.25, 0.3) is 0 Å². The van der Waals surface area contributed by atoms with E-state index in [-0.39, 0.29) is 35.9 Å². The quantitative estimate of drug-likeness (QED) is 0.285. The fourth-order valence-electron chi connectivity index (χ4n) is 3.06. The van der Waals surface area contributed by atoms with Crippen LogP contribution in [0.2, 0.25) is 0 Å². The Balaban J connectivity index is 0.00000320.